The number of benzene rings is 3. The van der Waals surface area contributed by atoms with Gasteiger partial charge in [0.15, 0.2) is 0 Å². The van der Waals surface area contributed by atoms with Gasteiger partial charge in [-0.15, -0.1) is 0 Å². The first-order valence-corrected chi connectivity index (χ1v) is 26.8. The molecule has 10 rings (SSSR count). The van der Waals surface area contributed by atoms with Crippen molar-refractivity contribution < 1.29 is 54.4 Å². The molecule has 3 aromatic carbocycles. The molecule has 0 bridgehead atoms. The summed E-state index contributed by atoms with van der Waals surface area (Å²) in [5.41, 5.74) is -2.21. The van der Waals surface area contributed by atoms with E-state index >= 15 is 0 Å². The van der Waals surface area contributed by atoms with Gasteiger partial charge in [-0.2, -0.15) is 12.9 Å². The Bertz CT molecular complexity index is 2410. The molecule has 0 amide bonds. The lowest BCUT2D eigenvalue weighted by atomic mass is 10.0. The maximum absolute atomic E-state index is 13.1. The highest BCUT2D eigenvalue weighted by Gasteiger charge is 2.53. The van der Waals surface area contributed by atoms with Crippen LogP contribution < -0.4 is 15.4 Å². The summed E-state index contributed by atoms with van der Waals surface area (Å²) in [6.07, 6.45) is 7.52. The van der Waals surface area contributed by atoms with Crippen LogP contribution in [0.3, 0.4) is 0 Å². The van der Waals surface area contributed by atoms with Gasteiger partial charge in [0.1, 0.15) is 34.4 Å². The molecule has 6 aliphatic heterocycles. The summed E-state index contributed by atoms with van der Waals surface area (Å²) in [4.78, 5) is 3.04. The van der Waals surface area contributed by atoms with Gasteiger partial charge in [0.2, 0.25) is 30.1 Å². The molecular weight excluding hydrogens is 901 g/mol. The first kappa shape index (κ1) is 48.0. The number of hydrogen-bond donors (Lipinski definition) is 4. The highest BCUT2D eigenvalue weighted by Crippen LogP contribution is 2.40. The molecule has 0 radical (unpaired) electrons. The van der Waals surface area contributed by atoms with Crippen LogP contribution in [0.5, 0.6) is 17.2 Å². The minimum Gasteiger partial charge on any atom is -0.508 e. The van der Waals surface area contributed by atoms with E-state index in [9.17, 15) is 35.5 Å². The second kappa shape index (κ2) is 19.6. The zero-order chi connectivity index (χ0) is 45.9. The molecule has 1 aliphatic carbocycles. The Balaban J connectivity index is 0.000000134. The molecule has 4 N–H and O–H groups in total. The smallest absolute Gasteiger partial charge is 0.245 e. The number of nitrogens with one attached hydrogen (secondary N) is 2. The van der Waals surface area contributed by atoms with E-state index in [0.29, 0.717) is 71.3 Å². The van der Waals surface area contributed by atoms with Crippen molar-refractivity contribution in [3.05, 3.63) is 72.8 Å². The fraction of sp³-hybridized carbons (Fsp3) is 0.591. The molecule has 21 heteroatoms. The molecule has 3 atom stereocenters. The average molecular weight is 963 g/mol. The van der Waals surface area contributed by atoms with Gasteiger partial charge in [-0.25, -0.2) is 25.3 Å². The number of phenolic OH excluding ortho intramolecular Hbond substituents is 2. The summed E-state index contributed by atoms with van der Waals surface area (Å²) in [6, 6.07) is 17.8. The molecule has 3 aromatic rings. The lowest BCUT2D eigenvalue weighted by molar-refractivity contribution is -0.0979. The lowest BCUT2D eigenvalue weighted by Crippen LogP contribution is -2.58. The number of aromatic hydroxyl groups is 2. The number of rotatable bonds is 9. The first-order chi connectivity index (χ1) is 31.1. The maximum Gasteiger partial charge on any atom is 0.245 e. The molecular formula is C44H62N6O12S3. The number of likely N-dealkylation sites (tertiary alicyclic amines) is 1. The predicted molar refractivity (Wildman–Crippen MR) is 240 cm³/mol. The van der Waals surface area contributed by atoms with Crippen LogP contribution in [0.25, 0.3) is 0 Å². The highest BCUT2D eigenvalue weighted by atomic mass is 32.2. The summed E-state index contributed by atoms with van der Waals surface area (Å²) in [6.45, 7) is 8.03. The fourth-order valence-corrected chi connectivity index (χ4v) is 14.9. The molecule has 6 saturated heterocycles. The van der Waals surface area contributed by atoms with Crippen molar-refractivity contribution in [2.45, 2.75) is 83.2 Å². The normalized spacial score (nSPS) is 28.2. The largest absolute Gasteiger partial charge is 0.508 e. The van der Waals surface area contributed by atoms with E-state index in [1.165, 1.54) is 70.0 Å². The Morgan fingerprint density at radius 2 is 0.985 bits per heavy atom. The Labute approximate surface area is 382 Å². The number of ether oxygens (including phenoxy) is 4. The second-order valence-electron chi connectivity index (χ2n) is 17.6. The summed E-state index contributed by atoms with van der Waals surface area (Å²) < 4.78 is 105. The Kier molecular flexibility index (Phi) is 14.5. The number of hydrogen-bond acceptors (Lipinski definition) is 15. The van der Waals surface area contributed by atoms with Crippen molar-refractivity contribution in [3.8, 4) is 17.2 Å². The number of phenols is 2. The quantitative estimate of drug-likeness (QED) is 0.243. The van der Waals surface area contributed by atoms with Gasteiger partial charge < -0.3 is 39.8 Å². The van der Waals surface area contributed by atoms with Crippen molar-refractivity contribution >= 4 is 30.1 Å². The highest BCUT2D eigenvalue weighted by molar-refractivity contribution is 7.89. The molecule has 65 heavy (non-hydrogen) atoms. The van der Waals surface area contributed by atoms with Gasteiger partial charge in [0.25, 0.3) is 0 Å². The summed E-state index contributed by atoms with van der Waals surface area (Å²) in [5, 5.41) is 25.1. The van der Waals surface area contributed by atoms with Crippen LogP contribution in [0.4, 0.5) is 0 Å². The molecule has 7 fully saturated rings. The minimum atomic E-state index is -3.63. The van der Waals surface area contributed by atoms with Gasteiger partial charge in [0.05, 0.1) is 41.6 Å². The van der Waals surface area contributed by atoms with E-state index in [0.717, 1.165) is 64.2 Å². The molecule has 18 nitrogen and oxygen atoms in total. The molecule has 1 saturated carbocycles. The summed E-state index contributed by atoms with van der Waals surface area (Å²) in [5.74, 6) is 1.54. The fourth-order valence-electron chi connectivity index (χ4n) is 9.79. The van der Waals surface area contributed by atoms with Gasteiger partial charge in [-0.3, -0.25) is 4.90 Å². The zero-order valence-corrected chi connectivity index (χ0v) is 39.3. The van der Waals surface area contributed by atoms with Crippen LogP contribution >= 0.6 is 0 Å². The third-order valence-electron chi connectivity index (χ3n) is 13.2. The molecule has 3 spiro atoms. The van der Waals surface area contributed by atoms with Crippen LogP contribution in [0.15, 0.2) is 87.5 Å². The zero-order valence-electron chi connectivity index (χ0n) is 36.8. The maximum atomic E-state index is 13.1. The summed E-state index contributed by atoms with van der Waals surface area (Å²) in [7, 11) is -9.24. The number of nitrogens with zero attached hydrogens (tertiary/aromatic N) is 4. The van der Waals surface area contributed by atoms with E-state index in [1.54, 1.807) is 35.7 Å². The van der Waals surface area contributed by atoms with E-state index < -0.39 is 47.2 Å². The number of sulfonamides is 3. The molecule has 3 unspecified atom stereocenters. The standard InChI is InChI=1S/C17H24N2O4S.C14H20N2O4S.C13H18N2O4S/c20-15-4-6-16(7-5-15)24(21,22)19-10-11-23-17(19)8-1-9-18(13-17)12-14-2-3-14;1-19-12-3-5-13(6-4-12)21(17,18)16-9-10-20-14(16)7-2-8-15-11-14;16-11-2-4-12(5-3-11)20(17,18)15-8-9-19-13(15)6-1-7-14-10-13/h4-7,14,20H,1-3,8-13H2;3-6,15H,2,7-11H2,1H3;2-5,14,16H,1,6-10H2. The van der Waals surface area contributed by atoms with Crippen LogP contribution in [-0.2, 0) is 44.3 Å². The van der Waals surface area contributed by atoms with Crippen LogP contribution in [-0.4, -0.2) is 163 Å². The van der Waals surface area contributed by atoms with Gasteiger partial charge in [0, 0.05) is 45.8 Å². The monoisotopic (exact) mass is 962 g/mol. The third kappa shape index (κ3) is 10.2. The molecule has 358 valence electrons. The Hall–Kier alpha value is -3.45. The Morgan fingerprint density at radius 3 is 1.38 bits per heavy atom. The second-order valence-corrected chi connectivity index (χ2v) is 23.2. The lowest BCUT2D eigenvalue weighted by Gasteiger charge is -2.43. The van der Waals surface area contributed by atoms with Crippen molar-refractivity contribution in [1.82, 2.24) is 28.4 Å². The first-order valence-electron chi connectivity index (χ1n) is 22.5. The van der Waals surface area contributed by atoms with Crippen molar-refractivity contribution in [2.24, 2.45) is 5.92 Å². The van der Waals surface area contributed by atoms with Crippen LogP contribution in [0.1, 0.15) is 51.4 Å². The third-order valence-corrected chi connectivity index (χ3v) is 19.1. The number of piperidine rings is 3. The van der Waals surface area contributed by atoms with E-state index in [4.69, 9.17) is 18.9 Å². The summed E-state index contributed by atoms with van der Waals surface area (Å²) >= 11 is 0. The number of methoxy groups -OCH3 is 1. The van der Waals surface area contributed by atoms with Gasteiger partial charge in [-0.05, 0) is 150 Å². The topological polar surface area (TPSA) is 217 Å². The SMILES string of the molecule is COc1ccc(S(=O)(=O)N2CCOC23CCCNC3)cc1.O=S(=O)(c1ccc(O)cc1)N1CCOC12CCCN(CC1CC1)C2.O=S(=O)(c1ccc(O)cc1)N1CCOC12CCCNC2. The van der Waals surface area contributed by atoms with Gasteiger partial charge >= 0.3 is 0 Å². The van der Waals surface area contributed by atoms with E-state index in [2.05, 4.69) is 15.5 Å². The van der Waals surface area contributed by atoms with Gasteiger partial charge in [-0.1, -0.05) is 0 Å². The van der Waals surface area contributed by atoms with E-state index in [-0.39, 0.29) is 26.2 Å². The molecule has 6 heterocycles. The van der Waals surface area contributed by atoms with Crippen molar-refractivity contribution in [2.75, 3.05) is 92.4 Å². The van der Waals surface area contributed by atoms with Crippen LogP contribution in [0, 0.1) is 5.92 Å². The predicted octanol–water partition coefficient (Wildman–Crippen LogP) is 2.90. The molecule has 7 aliphatic rings. The minimum absolute atomic E-state index is 0.0515. The van der Waals surface area contributed by atoms with Crippen LogP contribution in [0.2, 0.25) is 0 Å². The van der Waals surface area contributed by atoms with Crippen molar-refractivity contribution in [3.63, 3.8) is 0 Å². The van der Waals surface area contributed by atoms with E-state index in [1.807, 2.05) is 0 Å². The average Bonchev–Trinajstić information content (AvgIpc) is 3.65. The Morgan fingerprint density at radius 1 is 0.585 bits per heavy atom. The molecule has 0 aromatic heterocycles. The van der Waals surface area contributed by atoms with Crippen molar-refractivity contribution in [1.29, 1.82) is 0 Å².